The minimum atomic E-state index is 0.239. The molecule has 0 heterocycles. The van der Waals surface area contributed by atoms with Crippen LogP contribution in [0.5, 0.6) is 0 Å². The summed E-state index contributed by atoms with van der Waals surface area (Å²) in [6, 6.07) is 18.7. The van der Waals surface area contributed by atoms with Crippen molar-refractivity contribution in [3.63, 3.8) is 0 Å². The Bertz CT molecular complexity index is 481. The molecular formula is C16H19NO. The fourth-order valence-corrected chi connectivity index (χ4v) is 2.11. The SMILES string of the molecule is CN(c1ccccc1)c1ccccc1CCCO. The first-order chi connectivity index (χ1) is 8.83. The first-order valence-corrected chi connectivity index (χ1v) is 6.30. The molecule has 0 aliphatic carbocycles. The van der Waals surface area contributed by atoms with Crippen LogP contribution in [-0.2, 0) is 6.42 Å². The number of aliphatic hydroxyl groups is 1. The maximum absolute atomic E-state index is 8.96. The molecule has 2 aromatic rings. The first-order valence-electron chi connectivity index (χ1n) is 6.30. The van der Waals surface area contributed by atoms with Gasteiger partial charge in [0.2, 0.25) is 0 Å². The number of benzene rings is 2. The molecule has 0 unspecified atom stereocenters. The van der Waals surface area contributed by atoms with Crippen molar-refractivity contribution in [1.82, 2.24) is 0 Å². The van der Waals surface area contributed by atoms with Crippen molar-refractivity contribution in [3.8, 4) is 0 Å². The standard InChI is InChI=1S/C16H19NO/c1-17(15-10-3-2-4-11-15)16-12-6-5-8-14(16)9-7-13-18/h2-6,8,10-12,18H,7,9,13H2,1H3. The van der Waals surface area contributed by atoms with Crippen LogP contribution in [0.2, 0.25) is 0 Å². The predicted octanol–water partition coefficient (Wildman–Crippen LogP) is 3.38. The second kappa shape index (κ2) is 6.22. The highest BCUT2D eigenvalue weighted by Crippen LogP contribution is 2.27. The van der Waals surface area contributed by atoms with Crippen LogP contribution < -0.4 is 4.90 Å². The molecule has 0 saturated carbocycles. The van der Waals surface area contributed by atoms with E-state index in [9.17, 15) is 0 Å². The minimum Gasteiger partial charge on any atom is -0.396 e. The zero-order valence-electron chi connectivity index (χ0n) is 10.7. The number of aliphatic hydroxyl groups excluding tert-OH is 1. The number of nitrogens with zero attached hydrogens (tertiary/aromatic N) is 1. The van der Waals surface area contributed by atoms with E-state index in [4.69, 9.17) is 5.11 Å². The van der Waals surface area contributed by atoms with Crippen LogP contribution in [0.15, 0.2) is 54.6 Å². The summed E-state index contributed by atoms with van der Waals surface area (Å²) in [5.41, 5.74) is 3.66. The van der Waals surface area contributed by atoms with E-state index in [-0.39, 0.29) is 6.61 Å². The lowest BCUT2D eigenvalue weighted by Crippen LogP contribution is -2.11. The van der Waals surface area contributed by atoms with Gasteiger partial charge >= 0.3 is 0 Å². The lowest BCUT2D eigenvalue weighted by Gasteiger charge is -2.22. The molecule has 0 bridgehead atoms. The Morgan fingerprint density at radius 2 is 1.61 bits per heavy atom. The Hall–Kier alpha value is -1.80. The van der Waals surface area contributed by atoms with Crippen molar-refractivity contribution in [2.24, 2.45) is 0 Å². The van der Waals surface area contributed by atoms with Gasteiger partial charge in [-0.3, -0.25) is 0 Å². The third-order valence-electron chi connectivity index (χ3n) is 3.10. The van der Waals surface area contributed by atoms with Crippen molar-refractivity contribution in [2.45, 2.75) is 12.8 Å². The molecule has 0 saturated heterocycles. The lowest BCUT2D eigenvalue weighted by atomic mass is 10.1. The van der Waals surface area contributed by atoms with E-state index in [1.54, 1.807) is 0 Å². The molecule has 0 aliphatic rings. The molecule has 2 nitrogen and oxygen atoms in total. The summed E-state index contributed by atoms with van der Waals surface area (Å²) >= 11 is 0. The first kappa shape index (κ1) is 12.7. The normalized spacial score (nSPS) is 10.3. The second-order valence-electron chi connectivity index (χ2n) is 4.35. The van der Waals surface area contributed by atoms with E-state index in [0.29, 0.717) is 0 Å². The summed E-state index contributed by atoms with van der Waals surface area (Å²) in [7, 11) is 2.08. The molecule has 0 radical (unpaired) electrons. The molecule has 2 rings (SSSR count). The van der Waals surface area contributed by atoms with Gasteiger partial charge in [-0.1, -0.05) is 36.4 Å². The number of rotatable bonds is 5. The number of anilines is 2. The van der Waals surface area contributed by atoms with E-state index >= 15 is 0 Å². The molecule has 94 valence electrons. The molecule has 1 N–H and O–H groups in total. The second-order valence-corrected chi connectivity index (χ2v) is 4.35. The number of aryl methyl sites for hydroxylation is 1. The van der Waals surface area contributed by atoms with Gasteiger partial charge in [0.05, 0.1) is 0 Å². The average molecular weight is 241 g/mol. The van der Waals surface area contributed by atoms with Crippen LogP contribution >= 0.6 is 0 Å². The van der Waals surface area contributed by atoms with Crippen molar-refractivity contribution < 1.29 is 5.11 Å². The van der Waals surface area contributed by atoms with Crippen molar-refractivity contribution in [1.29, 1.82) is 0 Å². The maximum atomic E-state index is 8.96. The van der Waals surface area contributed by atoms with E-state index in [2.05, 4.69) is 48.3 Å². The highest BCUT2D eigenvalue weighted by Gasteiger charge is 2.07. The van der Waals surface area contributed by atoms with E-state index in [0.717, 1.165) is 12.8 Å². The molecule has 0 atom stereocenters. The highest BCUT2D eigenvalue weighted by molar-refractivity contribution is 5.65. The summed E-state index contributed by atoms with van der Waals surface area (Å²) in [6.45, 7) is 0.239. The van der Waals surface area contributed by atoms with Crippen LogP contribution in [0, 0.1) is 0 Å². The predicted molar refractivity (Wildman–Crippen MR) is 76.4 cm³/mol. The summed E-state index contributed by atoms with van der Waals surface area (Å²) in [4.78, 5) is 2.19. The van der Waals surface area contributed by atoms with Gasteiger partial charge in [-0.25, -0.2) is 0 Å². The third-order valence-corrected chi connectivity index (χ3v) is 3.10. The Labute approximate surface area is 109 Å². The van der Waals surface area contributed by atoms with Gasteiger partial charge in [-0.15, -0.1) is 0 Å². The largest absolute Gasteiger partial charge is 0.396 e. The molecule has 2 aromatic carbocycles. The summed E-state index contributed by atoms with van der Waals surface area (Å²) in [5.74, 6) is 0. The fourth-order valence-electron chi connectivity index (χ4n) is 2.11. The van der Waals surface area contributed by atoms with Gasteiger partial charge in [0.1, 0.15) is 0 Å². The molecule has 0 aliphatic heterocycles. The average Bonchev–Trinajstić information content (AvgIpc) is 2.45. The van der Waals surface area contributed by atoms with Gasteiger partial charge in [0, 0.05) is 25.0 Å². The van der Waals surface area contributed by atoms with Crippen molar-refractivity contribution in [3.05, 3.63) is 60.2 Å². The Morgan fingerprint density at radius 1 is 0.944 bits per heavy atom. The van der Waals surface area contributed by atoms with Crippen LogP contribution in [0.4, 0.5) is 11.4 Å². The Kier molecular flexibility index (Phi) is 4.37. The molecule has 0 amide bonds. The number of hydrogen-bond donors (Lipinski definition) is 1. The van der Waals surface area contributed by atoms with Gasteiger partial charge in [0.25, 0.3) is 0 Å². The van der Waals surface area contributed by atoms with Gasteiger partial charge < -0.3 is 10.0 Å². The highest BCUT2D eigenvalue weighted by atomic mass is 16.2. The van der Waals surface area contributed by atoms with Gasteiger partial charge in [0.15, 0.2) is 0 Å². The summed E-state index contributed by atoms with van der Waals surface area (Å²) in [5, 5.41) is 8.96. The quantitative estimate of drug-likeness (QED) is 0.867. The third kappa shape index (κ3) is 2.90. The van der Waals surface area contributed by atoms with Crippen LogP contribution in [0.25, 0.3) is 0 Å². The van der Waals surface area contributed by atoms with E-state index in [1.807, 2.05) is 18.2 Å². The van der Waals surface area contributed by atoms with Crippen LogP contribution in [0.1, 0.15) is 12.0 Å². The van der Waals surface area contributed by atoms with Crippen molar-refractivity contribution in [2.75, 3.05) is 18.6 Å². The van der Waals surface area contributed by atoms with E-state index in [1.165, 1.54) is 16.9 Å². The number of hydrogen-bond acceptors (Lipinski definition) is 2. The zero-order valence-corrected chi connectivity index (χ0v) is 10.7. The maximum Gasteiger partial charge on any atom is 0.0440 e. The van der Waals surface area contributed by atoms with E-state index < -0.39 is 0 Å². The van der Waals surface area contributed by atoms with Crippen LogP contribution in [0.3, 0.4) is 0 Å². The Balaban J connectivity index is 2.27. The Morgan fingerprint density at radius 3 is 2.33 bits per heavy atom. The van der Waals surface area contributed by atoms with Crippen molar-refractivity contribution >= 4 is 11.4 Å². The lowest BCUT2D eigenvalue weighted by molar-refractivity contribution is 0.288. The molecule has 0 aromatic heterocycles. The van der Waals surface area contributed by atoms with Gasteiger partial charge in [-0.05, 0) is 36.6 Å². The molecule has 2 heteroatoms. The monoisotopic (exact) mass is 241 g/mol. The fraction of sp³-hybridized carbons (Fsp3) is 0.250. The smallest absolute Gasteiger partial charge is 0.0440 e. The number of para-hydroxylation sites is 2. The van der Waals surface area contributed by atoms with Gasteiger partial charge in [-0.2, -0.15) is 0 Å². The van der Waals surface area contributed by atoms with Crippen LogP contribution in [-0.4, -0.2) is 18.8 Å². The zero-order chi connectivity index (χ0) is 12.8. The molecule has 0 fully saturated rings. The molecular weight excluding hydrogens is 222 g/mol. The minimum absolute atomic E-state index is 0.239. The topological polar surface area (TPSA) is 23.5 Å². The molecule has 18 heavy (non-hydrogen) atoms. The summed E-state index contributed by atoms with van der Waals surface area (Å²) in [6.07, 6.45) is 1.71. The summed E-state index contributed by atoms with van der Waals surface area (Å²) < 4.78 is 0. The molecule has 0 spiro atoms.